The highest BCUT2D eigenvalue weighted by atomic mass is 35.5. The fourth-order valence-electron chi connectivity index (χ4n) is 6.67. The predicted molar refractivity (Wildman–Crippen MR) is 214 cm³/mol. The number of aromatic nitrogens is 2. The van der Waals surface area contributed by atoms with Crippen molar-refractivity contribution in [2.75, 3.05) is 0 Å². The third kappa shape index (κ3) is 6.04. The van der Waals surface area contributed by atoms with E-state index >= 15 is 0 Å². The Labute approximate surface area is 310 Å². The SMILES string of the molecule is Cc1ccc2c(-c3nc(-c4ccc(Cl)cc4)c(-c4ccc(Cl)cc4)c4cc(C)ccc34)nc(-c3ccc(Cl)cc3)c(-c3ccc(Cl)cc3)c2c1. The second kappa shape index (κ2) is 13.2. The molecule has 0 N–H and O–H groups in total. The van der Waals surface area contributed by atoms with Gasteiger partial charge in [0.05, 0.1) is 22.8 Å². The van der Waals surface area contributed by atoms with Gasteiger partial charge >= 0.3 is 0 Å². The lowest BCUT2D eigenvalue weighted by molar-refractivity contribution is 1.28. The summed E-state index contributed by atoms with van der Waals surface area (Å²) < 4.78 is 0. The van der Waals surface area contributed by atoms with Gasteiger partial charge in [-0.05, 0) is 84.3 Å². The molecule has 0 bridgehead atoms. The summed E-state index contributed by atoms with van der Waals surface area (Å²) in [6.45, 7) is 4.23. The first-order valence-corrected chi connectivity index (χ1v) is 17.7. The van der Waals surface area contributed by atoms with Crippen LogP contribution in [0.3, 0.4) is 0 Å². The average Bonchev–Trinajstić information content (AvgIpc) is 3.12. The van der Waals surface area contributed by atoms with Crippen molar-refractivity contribution in [1.82, 2.24) is 9.97 Å². The highest BCUT2D eigenvalue weighted by molar-refractivity contribution is 6.31. The Morgan fingerprint density at radius 3 is 0.940 bits per heavy atom. The Bertz CT molecular complexity index is 2380. The Kier molecular flexibility index (Phi) is 8.59. The van der Waals surface area contributed by atoms with Crippen molar-refractivity contribution in [3.05, 3.63) is 165 Å². The maximum absolute atomic E-state index is 6.39. The standard InChI is InChI=1S/C44H28Cl4N2/c1-25-3-21-35-37(23-25)39(27-5-13-31(45)14-6-27)41(29-9-17-33(47)18-10-29)49-43(35)44-36-22-4-26(2)24-38(36)40(28-7-15-32(46)16-8-28)42(50-44)30-11-19-34(48)20-12-30/h3-24H,1-2H3. The van der Waals surface area contributed by atoms with Crippen molar-refractivity contribution < 1.29 is 0 Å². The molecule has 6 aromatic carbocycles. The van der Waals surface area contributed by atoms with Crippen LogP contribution in [-0.4, -0.2) is 9.97 Å². The van der Waals surface area contributed by atoms with Gasteiger partial charge < -0.3 is 0 Å². The van der Waals surface area contributed by atoms with Gasteiger partial charge in [-0.3, -0.25) is 0 Å². The van der Waals surface area contributed by atoms with Gasteiger partial charge in [0.25, 0.3) is 0 Å². The van der Waals surface area contributed by atoms with E-state index < -0.39 is 0 Å². The quantitative estimate of drug-likeness (QED) is 0.176. The molecule has 0 aliphatic carbocycles. The second-order valence-corrected chi connectivity index (χ2v) is 14.2. The van der Waals surface area contributed by atoms with Crippen LogP contribution in [0, 0.1) is 13.8 Å². The zero-order valence-electron chi connectivity index (χ0n) is 27.1. The van der Waals surface area contributed by atoms with Gasteiger partial charge in [0.2, 0.25) is 0 Å². The summed E-state index contributed by atoms with van der Waals surface area (Å²) in [6.07, 6.45) is 0. The monoisotopic (exact) mass is 724 g/mol. The smallest absolute Gasteiger partial charge is 0.0979 e. The molecule has 0 aliphatic rings. The zero-order valence-corrected chi connectivity index (χ0v) is 30.1. The highest BCUT2D eigenvalue weighted by Crippen LogP contribution is 2.46. The maximum Gasteiger partial charge on any atom is 0.0979 e. The van der Waals surface area contributed by atoms with Gasteiger partial charge in [-0.25, -0.2) is 9.97 Å². The molecule has 8 rings (SSSR count). The minimum Gasteiger partial charge on any atom is -0.245 e. The molecule has 0 atom stereocenters. The first-order valence-electron chi connectivity index (χ1n) is 16.2. The van der Waals surface area contributed by atoms with E-state index in [1.54, 1.807) is 0 Å². The van der Waals surface area contributed by atoms with Gasteiger partial charge in [0.15, 0.2) is 0 Å². The summed E-state index contributed by atoms with van der Waals surface area (Å²) in [5.74, 6) is 0. The molecule has 0 saturated heterocycles. The molecule has 0 fully saturated rings. The largest absolute Gasteiger partial charge is 0.245 e. The highest BCUT2D eigenvalue weighted by Gasteiger charge is 2.24. The lowest BCUT2D eigenvalue weighted by Crippen LogP contribution is -2.01. The van der Waals surface area contributed by atoms with E-state index in [9.17, 15) is 0 Å². The number of hydrogen-bond donors (Lipinski definition) is 0. The summed E-state index contributed by atoms with van der Waals surface area (Å²) in [5, 5.41) is 6.79. The number of halogens is 4. The van der Waals surface area contributed by atoms with Crippen molar-refractivity contribution in [3.8, 4) is 56.2 Å². The minimum atomic E-state index is 0.659. The molecule has 0 aliphatic heterocycles. The number of aryl methyl sites for hydroxylation is 2. The molecule has 50 heavy (non-hydrogen) atoms. The second-order valence-electron chi connectivity index (χ2n) is 12.5. The Hall–Kier alpha value is -4.70. The van der Waals surface area contributed by atoms with E-state index in [1.165, 1.54) is 0 Å². The van der Waals surface area contributed by atoms with E-state index in [1.807, 2.05) is 72.8 Å². The summed E-state index contributed by atoms with van der Waals surface area (Å²) >= 11 is 25.5. The molecule has 0 radical (unpaired) electrons. The summed E-state index contributed by atoms with van der Waals surface area (Å²) in [4.78, 5) is 11.1. The Balaban J connectivity index is 1.54. The molecule has 0 saturated carbocycles. The fraction of sp³-hybridized carbons (Fsp3) is 0.0455. The number of hydrogen-bond acceptors (Lipinski definition) is 2. The molecule has 6 heteroatoms. The lowest BCUT2D eigenvalue weighted by Gasteiger charge is -2.21. The molecule has 2 nitrogen and oxygen atoms in total. The van der Waals surface area contributed by atoms with Crippen LogP contribution in [0.2, 0.25) is 20.1 Å². The fourth-order valence-corrected chi connectivity index (χ4v) is 7.17. The molecule has 0 amide bonds. The van der Waals surface area contributed by atoms with Crippen molar-refractivity contribution in [2.24, 2.45) is 0 Å². The summed E-state index contributed by atoms with van der Waals surface area (Å²) in [7, 11) is 0. The van der Waals surface area contributed by atoms with Gasteiger partial charge in [-0.1, -0.05) is 142 Å². The number of fused-ring (bicyclic) bond motifs is 2. The van der Waals surface area contributed by atoms with Crippen LogP contribution in [-0.2, 0) is 0 Å². The molecular formula is C44H28Cl4N2. The van der Waals surface area contributed by atoms with Crippen molar-refractivity contribution >= 4 is 67.9 Å². The summed E-state index contributed by atoms with van der Waals surface area (Å²) in [6, 6.07) is 44.6. The van der Waals surface area contributed by atoms with Crippen LogP contribution in [0.5, 0.6) is 0 Å². The molecule has 2 aromatic heterocycles. The molecular weight excluding hydrogens is 698 g/mol. The minimum absolute atomic E-state index is 0.659. The normalized spacial score (nSPS) is 11.4. The van der Waals surface area contributed by atoms with Crippen LogP contribution in [0.25, 0.3) is 77.7 Å². The van der Waals surface area contributed by atoms with Crippen molar-refractivity contribution in [1.29, 1.82) is 0 Å². The number of pyridine rings is 2. The van der Waals surface area contributed by atoms with Gasteiger partial charge in [-0.2, -0.15) is 0 Å². The van der Waals surface area contributed by atoms with Crippen LogP contribution >= 0.6 is 46.4 Å². The van der Waals surface area contributed by atoms with Crippen molar-refractivity contribution in [2.45, 2.75) is 13.8 Å². The molecule has 242 valence electrons. The number of nitrogens with zero attached hydrogens (tertiary/aromatic N) is 2. The third-order valence-corrected chi connectivity index (χ3v) is 10.1. The van der Waals surface area contributed by atoms with Crippen LogP contribution < -0.4 is 0 Å². The Morgan fingerprint density at radius 2 is 0.620 bits per heavy atom. The van der Waals surface area contributed by atoms with Crippen LogP contribution in [0.4, 0.5) is 0 Å². The maximum atomic E-state index is 6.39. The number of rotatable bonds is 5. The number of benzene rings is 6. The molecule has 8 aromatic rings. The topological polar surface area (TPSA) is 25.8 Å². The molecule has 2 heterocycles. The average molecular weight is 727 g/mol. The Morgan fingerprint density at radius 1 is 0.320 bits per heavy atom. The van der Waals surface area contributed by atoms with E-state index in [0.717, 1.165) is 88.8 Å². The van der Waals surface area contributed by atoms with E-state index in [2.05, 4.69) is 74.5 Å². The zero-order chi connectivity index (χ0) is 34.5. The van der Waals surface area contributed by atoms with E-state index in [0.29, 0.717) is 20.1 Å². The first kappa shape index (κ1) is 32.5. The molecule has 0 unspecified atom stereocenters. The van der Waals surface area contributed by atoms with Gasteiger partial charge in [-0.15, -0.1) is 0 Å². The predicted octanol–water partition coefficient (Wildman–Crippen LogP) is 14.3. The van der Waals surface area contributed by atoms with Crippen molar-refractivity contribution in [3.63, 3.8) is 0 Å². The lowest BCUT2D eigenvalue weighted by atomic mass is 9.89. The summed E-state index contributed by atoms with van der Waals surface area (Å²) in [5.41, 5.74) is 11.5. The van der Waals surface area contributed by atoms with Crippen LogP contribution in [0.1, 0.15) is 11.1 Å². The third-order valence-electron chi connectivity index (χ3n) is 9.05. The first-order chi connectivity index (χ1) is 24.2. The van der Waals surface area contributed by atoms with E-state index in [4.69, 9.17) is 56.4 Å². The van der Waals surface area contributed by atoms with E-state index in [-0.39, 0.29) is 0 Å². The van der Waals surface area contributed by atoms with Gasteiger partial charge in [0.1, 0.15) is 0 Å². The molecule has 0 spiro atoms. The van der Waals surface area contributed by atoms with Gasteiger partial charge in [0, 0.05) is 53.1 Å². The van der Waals surface area contributed by atoms with Crippen LogP contribution in [0.15, 0.2) is 133 Å².